The van der Waals surface area contributed by atoms with Crippen molar-refractivity contribution in [2.45, 2.75) is 12.5 Å². The van der Waals surface area contributed by atoms with Crippen LogP contribution >= 0.6 is 0 Å². The third kappa shape index (κ3) is 0.698. The van der Waals surface area contributed by atoms with Gasteiger partial charge in [-0.25, -0.2) is 0 Å². The molecule has 1 radical (unpaired) electrons. The highest BCUT2D eigenvalue weighted by Crippen LogP contribution is 1.95. The van der Waals surface area contributed by atoms with Crippen molar-refractivity contribution >= 4 is 0 Å². The first kappa shape index (κ1) is 4.09. The summed E-state index contributed by atoms with van der Waals surface area (Å²) in [6.07, 6.45) is 1.03. The van der Waals surface area contributed by atoms with E-state index in [0.717, 1.165) is 13.0 Å². The molecular weight excluding hydrogens is 76.1 g/mol. The van der Waals surface area contributed by atoms with Gasteiger partial charge in [-0.2, -0.15) is 0 Å². The highest BCUT2D eigenvalue weighted by molar-refractivity contribution is 4.81. The lowest BCUT2D eigenvalue weighted by molar-refractivity contribution is 0.743. The highest BCUT2D eigenvalue weighted by Gasteiger charge is 2.06. The van der Waals surface area contributed by atoms with Crippen molar-refractivity contribution in [2.24, 2.45) is 5.73 Å². The molecule has 6 heavy (non-hydrogen) atoms. The summed E-state index contributed by atoms with van der Waals surface area (Å²) >= 11 is 0. The molecule has 0 saturated carbocycles. The number of nitrogens with one attached hydrogen (secondary N) is 1. The summed E-state index contributed by atoms with van der Waals surface area (Å²) in [6.45, 7) is 2.96. The van der Waals surface area contributed by atoms with Crippen molar-refractivity contribution in [3.63, 3.8) is 0 Å². The van der Waals surface area contributed by atoms with E-state index in [2.05, 4.69) is 5.32 Å². The third-order valence-electron chi connectivity index (χ3n) is 0.945. The van der Waals surface area contributed by atoms with Crippen molar-refractivity contribution in [3.05, 3.63) is 6.54 Å². The van der Waals surface area contributed by atoms with Crippen molar-refractivity contribution in [3.8, 4) is 0 Å². The first-order valence-electron chi connectivity index (χ1n) is 2.20. The number of nitrogens with two attached hydrogens (primary N) is 1. The number of rotatable bonds is 0. The Kier molecular flexibility index (Phi) is 1.08. The molecule has 1 rings (SSSR count). The van der Waals surface area contributed by atoms with Crippen LogP contribution in [-0.2, 0) is 0 Å². The second kappa shape index (κ2) is 1.58. The van der Waals surface area contributed by atoms with Crippen molar-refractivity contribution in [2.75, 3.05) is 6.54 Å². The zero-order chi connectivity index (χ0) is 4.41. The Bertz CT molecular complexity index is 38.8. The van der Waals surface area contributed by atoms with E-state index >= 15 is 0 Å². The van der Waals surface area contributed by atoms with E-state index in [1.54, 1.807) is 0 Å². The summed E-state index contributed by atoms with van der Waals surface area (Å²) in [5, 5.41) is 3.02. The predicted octanol–water partition coefficient (Wildman–Crippen LogP) is -0.531. The lowest BCUT2D eigenvalue weighted by atomic mass is 10.3. The SMILES string of the molecule is N[C@H]1C[CH]NC1. The molecule has 2 nitrogen and oxygen atoms in total. The Morgan fingerprint density at radius 3 is 2.83 bits per heavy atom. The van der Waals surface area contributed by atoms with Crippen molar-refractivity contribution < 1.29 is 0 Å². The minimum absolute atomic E-state index is 0.380. The molecular formula is C4H9N2. The van der Waals surface area contributed by atoms with Gasteiger partial charge < -0.3 is 11.1 Å². The first-order valence-corrected chi connectivity index (χ1v) is 2.20. The van der Waals surface area contributed by atoms with Crippen molar-refractivity contribution in [1.29, 1.82) is 0 Å². The third-order valence-corrected chi connectivity index (χ3v) is 0.945. The minimum Gasteiger partial charge on any atom is -0.326 e. The Morgan fingerprint density at radius 2 is 2.67 bits per heavy atom. The van der Waals surface area contributed by atoms with Crippen molar-refractivity contribution in [1.82, 2.24) is 5.32 Å². The standard InChI is InChI=1S/C4H9N2/c5-4-1-2-6-3-4/h2,4,6H,1,3,5H2/t4-/m0/s1. The molecule has 0 bridgehead atoms. The maximum Gasteiger partial charge on any atom is 0.0237 e. The zero-order valence-electron chi connectivity index (χ0n) is 3.65. The van der Waals surface area contributed by atoms with Crippen LogP contribution in [0.4, 0.5) is 0 Å². The fraction of sp³-hybridized carbons (Fsp3) is 0.750. The highest BCUT2D eigenvalue weighted by atomic mass is 14.9. The van der Waals surface area contributed by atoms with Gasteiger partial charge in [0.05, 0.1) is 0 Å². The molecule has 0 aromatic heterocycles. The van der Waals surface area contributed by atoms with Gasteiger partial charge >= 0.3 is 0 Å². The molecule has 1 saturated heterocycles. The number of hydrogen-bond acceptors (Lipinski definition) is 2. The molecule has 0 spiro atoms. The maximum absolute atomic E-state index is 5.44. The lowest BCUT2D eigenvalue weighted by Gasteiger charge is -1.91. The fourth-order valence-electron chi connectivity index (χ4n) is 0.553. The average molecular weight is 85.1 g/mol. The molecule has 3 N–H and O–H groups in total. The average Bonchev–Trinajstić information content (AvgIpc) is 1.86. The largest absolute Gasteiger partial charge is 0.326 e. The molecule has 35 valence electrons. The lowest BCUT2D eigenvalue weighted by Crippen LogP contribution is -2.21. The van der Waals surface area contributed by atoms with Crippen LogP contribution in [0.1, 0.15) is 6.42 Å². The van der Waals surface area contributed by atoms with Gasteiger partial charge in [0, 0.05) is 19.1 Å². The second-order valence-electron chi connectivity index (χ2n) is 1.61. The minimum atomic E-state index is 0.380. The van der Waals surface area contributed by atoms with E-state index in [-0.39, 0.29) is 0 Å². The van der Waals surface area contributed by atoms with Crippen LogP contribution in [-0.4, -0.2) is 12.6 Å². The van der Waals surface area contributed by atoms with E-state index in [1.807, 2.05) is 6.54 Å². The molecule has 1 aliphatic heterocycles. The smallest absolute Gasteiger partial charge is 0.0237 e. The molecule has 0 aromatic rings. The summed E-state index contributed by atoms with van der Waals surface area (Å²) in [4.78, 5) is 0. The molecule has 0 unspecified atom stereocenters. The quantitative estimate of drug-likeness (QED) is 0.415. The normalized spacial score (nSPS) is 34.5. The van der Waals surface area contributed by atoms with Gasteiger partial charge in [-0.05, 0) is 6.42 Å². The molecule has 1 aliphatic rings. The van der Waals surface area contributed by atoms with Gasteiger partial charge in [-0.3, -0.25) is 0 Å². The molecule has 0 aromatic carbocycles. The molecule has 0 aliphatic carbocycles. The predicted molar refractivity (Wildman–Crippen MR) is 24.9 cm³/mol. The van der Waals surface area contributed by atoms with Gasteiger partial charge in [0.15, 0.2) is 0 Å². The first-order chi connectivity index (χ1) is 2.89. The van der Waals surface area contributed by atoms with Crippen LogP contribution in [0.2, 0.25) is 0 Å². The monoisotopic (exact) mass is 85.1 g/mol. The van der Waals surface area contributed by atoms with E-state index in [9.17, 15) is 0 Å². The van der Waals surface area contributed by atoms with Gasteiger partial charge in [-0.15, -0.1) is 0 Å². The van der Waals surface area contributed by atoms with Crippen LogP contribution in [0, 0.1) is 6.54 Å². The Balaban J connectivity index is 2.18. The summed E-state index contributed by atoms with van der Waals surface area (Å²) in [6, 6.07) is 0.380. The molecule has 1 heterocycles. The summed E-state index contributed by atoms with van der Waals surface area (Å²) < 4.78 is 0. The maximum atomic E-state index is 5.44. The zero-order valence-corrected chi connectivity index (χ0v) is 3.65. The Morgan fingerprint density at radius 1 is 1.83 bits per heavy atom. The van der Waals surface area contributed by atoms with Gasteiger partial charge in [-0.1, -0.05) is 0 Å². The molecule has 1 atom stereocenters. The van der Waals surface area contributed by atoms with Gasteiger partial charge in [0.25, 0.3) is 0 Å². The van der Waals surface area contributed by atoms with E-state index in [0.29, 0.717) is 6.04 Å². The second-order valence-corrected chi connectivity index (χ2v) is 1.61. The van der Waals surface area contributed by atoms with E-state index < -0.39 is 0 Å². The van der Waals surface area contributed by atoms with Crippen LogP contribution in [0.3, 0.4) is 0 Å². The van der Waals surface area contributed by atoms with Crippen LogP contribution in [0.25, 0.3) is 0 Å². The van der Waals surface area contributed by atoms with Crippen LogP contribution < -0.4 is 11.1 Å². The Labute approximate surface area is 37.7 Å². The summed E-state index contributed by atoms with van der Waals surface area (Å²) in [5.41, 5.74) is 5.44. The molecule has 1 fully saturated rings. The Hall–Kier alpha value is -0.0800. The summed E-state index contributed by atoms with van der Waals surface area (Å²) in [7, 11) is 0. The van der Waals surface area contributed by atoms with E-state index in [4.69, 9.17) is 5.73 Å². The summed E-state index contributed by atoms with van der Waals surface area (Å²) in [5.74, 6) is 0. The fourth-order valence-corrected chi connectivity index (χ4v) is 0.553. The molecule has 0 amide bonds. The van der Waals surface area contributed by atoms with Crippen LogP contribution in [0.5, 0.6) is 0 Å². The number of hydrogen-bond donors (Lipinski definition) is 2. The van der Waals surface area contributed by atoms with Gasteiger partial charge in [0.2, 0.25) is 0 Å². The van der Waals surface area contributed by atoms with Crippen LogP contribution in [0.15, 0.2) is 0 Å². The topological polar surface area (TPSA) is 38.0 Å². The van der Waals surface area contributed by atoms with Gasteiger partial charge in [0.1, 0.15) is 0 Å². The van der Waals surface area contributed by atoms with E-state index in [1.165, 1.54) is 0 Å². The molecule has 2 heteroatoms.